The third-order valence-electron chi connectivity index (χ3n) is 4.22. The molecule has 5 heteroatoms. The van der Waals surface area contributed by atoms with Crippen LogP contribution in [0.5, 0.6) is 0 Å². The molecule has 2 aromatic carbocycles. The van der Waals surface area contributed by atoms with E-state index in [4.69, 9.17) is 5.11 Å². The molecule has 0 amide bonds. The molecule has 2 N–H and O–H groups in total. The van der Waals surface area contributed by atoms with Crippen LogP contribution in [0.1, 0.15) is 29.8 Å². The number of alkyl halides is 2. The molecule has 0 radical (unpaired) electrons. The van der Waals surface area contributed by atoms with Crippen molar-refractivity contribution in [2.24, 2.45) is 0 Å². The first kappa shape index (κ1) is 17.3. The van der Waals surface area contributed by atoms with Crippen LogP contribution in [0, 0.1) is 6.92 Å². The van der Waals surface area contributed by atoms with E-state index >= 15 is 0 Å². The lowest BCUT2D eigenvalue weighted by molar-refractivity contribution is -0.0556. The number of para-hydroxylation sites is 1. The maximum atomic E-state index is 13.7. The molecule has 0 fully saturated rings. The molecule has 3 aromatic rings. The second-order valence-electron chi connectivity index (χ2n) is 6.18. The van der Waals surface area contributed by atoms with Gasteiger partial charge in [-0.15, -0.1) is 0 Å². The molecular weight excluding hydrogens is 322 g/mol. The number of fused-ring (bicyclic) bond motifs is 1. The highest BCUT2D eigenvalue weighted by molar-refractivity contribution is 5.91. The molecule has 0 saturated carbocycles. The van der Waals surface area contributed by atoms with Crippen molar-refractivity contribution in [3.63, 3.8) is 0 Å². The summed E-state index contributed by atoms with van der Waals surface area (Å²) < 4.78 is 27.5. The van der Waals surface area contributed by atoms with Crippen LogP contribution < -0.4 is 5.32 Å². The summed E-state index contributed by atoms with van der Waals surface area (Å²) in [6.45, 7) is 2.64. The molecule has 0 bridgehead atoms. The number of nitrogens with zero attached hydrogens (tertiary/aromatic N) is 1. The van der Waals surface area contributed by atoms with Crippen molar-refractivity contribution in [1.82, 2.24) is 4.98 Å². The van der Waals surface area contributed by atoms with Crippen LogP contribution >= 0.6 is 0 Å². The van der Waals surface area contributed by atoms with Crippen LogP contribution in [0.15, 0.2) is 54.6 Å². The van der Waals surface area contributed by atoms with Crippen molar-refractivity contribution in [3.05, 3.63) is 71.4 Å². The molecular formula is C20H20F2N2O. The molecule has 1 unspecified atom stereocenters. The Balaban J connectivity index is 1.93. The minimum absolute atomic E-state index is 0.181. The van der Waals surface area contributed by atoms with Gasteiger partial charge in [-0.05, 0) is 37.6 Å². The maximum Gasteiger partial charge on any atom is 0.295 e. The molecule has 130 valence electrons. The van der Waals surface area contributed by atoms with E-state index in [1.807, 2.05) is 44.2 Å². The van der Waals surface area contributed by atoms with Gasteiger partial charge in [-0.1, -0.05) is 36.4 Å². The van der Waals surface area contributed by atoms with Gasteiger partial charge in [0.2, 0.25) is 0 Å². The Kier molecular flexibility index (Phi) is 4.68. The first-order chi connectivity index (χ1) is 11.9. The quantitative estimate of drug-likeness (QED) is 0.700. The van der Waals surface area contributed by atoms with Crippen molar-refractivity contribution in [1.29, 1.82) is 0 Å². The third kappa shape index (κ3) is 3.61. The smallest absolute Gasteiger partial charge is 0.295 e. The first-order valence-electron chi connectivity index (χ1n) is 8.13. The number of nitrogens with one attached hydrogen (secondary N) is 1. The zero-order valence-electron chi connectivity index (χ0n) is 14.1. The molecule has 25 heavy (non-hydrogen) atoms. The molecule has 1 heterocycles. The van der Waals surface area contributed by atoms with Crippen molar-refractivity contribution >= 4 is 16.6 Å². The van der Waals surface area contributed by atoms with Crippen molar-refractivity contribution in [2.75, 3.05) is 11.9 Å². The summed E-state index contributed by atoms with van der Waals surface area (Å²) >= 11 is 0. The lowest BCUT2D eigenvalue weighted by atomic mass is 10.0. The lowest BCUT2D eigenvalue weighted by Gasteiger charge is -2.20. The largest absolute Gasteiger partial charge is 0.390 e. The number of aliphatic hydroxyl groups excluding tert-OH is 1. The van der Waals surface area contributed by atoms with Gasteiger partial charge in [-0.25, -0.2) is 0 Å². The number of aryl methyl sites for hydroxylation is 1. The van der Waals surface area contributed by atoms with Crippen LogP contribution in [-0.4, -0.2) is 16.7 Å². The first-order valence-corrected chi connectivity index (χ1v) is 8.13. The van der Waals surface area contributed by atoms with E-state index in [9.17, 15) is 8.78 Å². The van der Waals surface area contributed by atoms with Gasteiger partial charge in [0.1, 0.15) is 6.61 Å². The highest BCUT2D eigenvalue weighted by atomic mass is 19.3. The minimum atomic E-state index is -3.24. The maximum absolute atomic E-state index is 13.7. The third-order valence-corrected chi connectivity index (χ3v) is 4.22. The Hall–Kier alpha value is -2.53. The number of anilines is 1. The molecule has 0 spiro atoms. The fourth-order valence-electron chi connectivity index (χ4n) is 2.87. The number of rotatable bonds is 5. The zero-order chi connectivity index (χ0) is 18.0. The van der Waals surface area contributed by atoms with Crippen LogP contribution in [0.25, 0.3) is 10.9 Å². The molecule has 3 rings (SSSR count). The summed E-state index contributed by atoms with van der Waals surface area (Å²) in [5.74, 6) is -3.24. The fraction of sp³-hybridized carbons (Fsp3) is 0.250. The summed E-state index contributed by atoms with van der Waals surface area (Å²) in [4.78, 5) is 4.51. The monoisotopic (exact) mass is 342 g/mol. The highest BCUT2D eigenvalue weighted by Crippen LogP contribution is 2.31. The Morgan fingerprint density at radius 1 is 1.12 bits per heavy atom. The lowest BCUT2D eigenvalue weighted by Crippen LogP contribution is -2.19. The van der Waals surface area contributed by atoms with Crippen LogP contribution in [0.2, 0.25) is 0 Å². The minimum Gasteiger partial charge on any atom is -0.390 e. The molecule has 1 atom stereocenters. The molecule has 3 nitrogen and oxygen atoms in total. The normalized spacial score (nSPS) is 13.0. The van der Waals surface area contributed by atoms with Crippen LogP contribution in [-0.2, 0) is 5.92 Å². The summed E-state index contributed by atoms with van der Waals surface area (Å²) in [7, 11) is 0. The van der Waals surface area contributed by atoms with Gasteiger partial charge in [0, 0.05) is 28.4 Å². The fourth-order valence-corrected chi connectivity index (χ4v) is 2.87. The van der Waals surface area contributed by atoms with Gasteiger partial charge in [0.15, 0.2) is 0 Å². The number of aromatic nitrogens is 1. The van der Waals surface area contributed by atoms with E-state index < -0.39 is 12.5 Å². The van der Waals surface area contributed by atoms with Gasteiger partial charge in [0.25, 0.3) is 5.92 Å². The molecule has 1 aromatic heterocycles. The molecule has 0 saturated heterocycles. The van der Waals surface area contributed by atoms with E-state index in [1.54, 1.807) is 12.1 Å². The van der Waals surface area contributed by atoms with Gasteiger partial charge < -0.3 is 10.4 Å². The van der Waals surface area contributed by atoms with Crippen molar-refractivity contribution < 1.29 is 13.9 Å². The topological polar surface area (TPSA) is 45.1 Å². The summed E-state index contributed by atoms with van der Waals surface area (Å²) in [5.41, 5.74) is 3.22. The van der Waals surface area contributed by atoms with Crippen LogP contribution in [0.4, 0.5) is 14.5 Å². The number of aliphatic hydroxyl groups is 1. The number of benzene rings is 2. The molecule has 0 aliphatic carbocycles. The summed E-state index contributed by atoms with van der Waals surface area (Å²) in [5, 5.41) is 13.3. The average Bonchev–Trinajstić information content (AvgIpc) is 2.61. The zero-order valence-corrected chi connectivity index (χ0v) is 14.1. The summed E-state index contributed by atoms with van der Waals surface area (Å²) in [6, 6.07) is 15.7. The number of hydrogen-bond acceptors (Lipinski definition) is 3. The predicted molar refractivity (Wildman–Crippen MR) is 95.9 cm³/mol. The van der Waals surface area contributed by atoms with Gasteiger partial charge in [-0.2, -0.15) is 8.78 Å². The number of halogens is 2. The SMILES string of the molecule is Cc1cc(NC(C)c2cccc(C(F)(F)CO)c2)c2ccccc2n1. The Morgan fingerprint density at radius 3 is 2.64 bits per heavy atom. The number of hydrogen-bond donors (Lipinski definition) is 2. The Morgan fingerprint density at radius 2 is 1.88 bits per heavy atom. The van der Waals surface area contributed by atoms with E-state index in [-0.39, 0.29) is 11.6 Å². The van der Waals surface area contributed by atoms with Crippen LogP contribution in [0.3, 0.4) is 0 Å². The number of pyridine rings is 1. The Bertz CT molecular complexity index is 896. The van der Waals surface area contributed by atoms with E-state index in [2.05, 4.69) is 10.3 Å². The van der Waals surface area contributed by atoms with E-state index in [0.29, 0.717) is 0 Å². The second kappa shape index (κ2) is 6.76. The van der Waals surface area contributed by atoms with Gasteiger partial charge in [-0.3, -0.25) is 4.98 Å². The standard InChI is InChI=1S/C20H20F2N2O/c1-13-10-19(17-8-3-4-9-18(17)23-13)24-14(2)15-6-5-7-16(11-15)20(21,22)12-25/h3-11,14,25H,12H2,1-2H3,(H,23,24). The second-order valence-corrected chi connectivity index (χ2v) is 6.18. The predicted octanol–water partition coefficient (Wildman–Crippen LogP) is 4.80. The molecule has 0 aliphatic heterocycles. The van der Waals surface area contributed by atoms with E-state index in [0.717, 1.165) is 27.8 Å². The highest BCUT2D eigenvalue weighted by Gasteiger charge is 2.30. The molecule has 0 aliphatic rings. The van der Waals surface area contributed by atoms with Crippen molar-refractivity contribution in [2.45, 2.75) is 25.8 Å². The van der Waals surface area contributed by atoms with E-state index in [1.165, 1.54) is 12.1 Å². The van der Waals surface area contributed by atoms with Gasteiger partial charge in [0.05, 0.1) is 5.52 Å². The Labute approximate surface area is 145 Å². The van der Waals surface area contributed by atoms with Crippen molar-refractivity contribution in [3.8, 4) is 0 Å². The summed E-state index contributed by atoms with van der Waals surface area (Å²) in [6.07, 6.45) is 0. The van der Waals surface area contributed by atoms with Gasteiger partial charge >= 0.3 is 0 Å². The average molecular weight is 342 g/mol.